The first kappa shape index (κ1) is 27.4. The van der Waals surface area contributed by atoms with Crippen molar-refractivity contribution in [3.8, 4) is 0 Å². The zero-order valence-electron chi connectivity index (χ0n) is 20.0. The van der Waals surface area contributed by atoms with Crippen molar-refractivity contribution in [2.45, 2.75) is 76.9 Å². The largest absolute Gasteiger partial charge is 0.522 e. The van der Waals surface area contributed by atoms with E-state index in [1.54, 1.807) is 6.92 Å². The van der Waals surface area contributed by atoms with Crippen LogP contribution >= 0.6 is 0 Å². The number of ketones is 1. The molecule has 7 atom stereocenters. The molecule has 9 nitrogen and oxygen atoms in total. The Morgan fingerprint density at radius 3 is 2.57 bits per heavy atom. The predicted molar refractivity (Wildman–Crippen MR) is 116 cm³/mol. The molecule has 3 aliphatic rings. The van der Waals surface area contributed by atoms with Gasteiger partial charge in [-0.2, -0.15) is 0 Å². The second-order valence-electron chi connectivity index (χ2n) is 9.89. The van der Waals surface area contributed by atoms with Gasteiger partial charge in [0.25, 0.3) is 5.91 Å². The summed E-state index contributed by atoms with van der Waals surface area (Å²) in [6.45, 7) is 2.95. The molecule has 3 amide bonds. The molecule has 0 unspecified atom stereocenters. The lowest BCUT2D eigenvalue weighted by atomic mass is 9.91. The number of Topliss-reactive ketones (excluding diaryl/α,β-unsaturated/α-hetero) is 1. The fourth-order valence-corrected chi connectivity index (χ4v) is 5.44. The van der Waals surface area contributed by atoms with Crippen molar-refractivity contribution in [1.82, 2.24) is 15.5 Å². The fourth-order valence-electron chi connectivity index (χ4n) is 5.44. The van der Waals surface area contributed by atoms with Gasteiger partial charge in [0.05, 0.1) is 6.04 Å². The molecule has 1 saturated carbocycles. The molecule has 12 heteroatoms. The summed E-state index contributed by atoms with van der Waals surface area (Å²) in [5.41, 5.74) is 0. The molecule has 0 aromatic rings. The monoisotopic (exact) mass is 505 g/mol. The van der Waals surface area contributed by atoms with Crippen molar-refractivity contribution in [2.75, 3.05) is 19.7 Å². The van der Waals surface area contributed by atoms with Gasteiger partial charge in [-0.25, -0.2) is 0 Å². The van der Waals surface area contributed by atoms with E-state index < -0.39 is 54.7 Å². The van der Waals surface area contributed by atoms with Crippen LogP contribution in [0.3, 0.4) is 0 Å². The molecule has 35 heavy (non-hydrogen) atoms. The Morgan fingerprint density at radius 1 is 1.26 bits per heavy atom. The molecule has 198 valence electrons. The summed E-state index contributed by atoms with van der Waals surface area (Å²) in [6, 6.07) is -2.32. The molecule has 0 aromatic heterocycles. The number of nitrogens with zero attached hydrogens (tertiary/aromatic N) is 1. The molecule has 0 spiro atoms. The van der Waals surface area contributed by atoms with Crippen molar-refractivity contribution in [2.24, 2.45) is 23.7 Å². The topological polar surface area (TPSA) is 125 Å². The molecule has 3 rings (SSSR count). The standard InChI is InChI=1S/C23H34F3N3O6/c1-3-12(2)19(31)22(34)29-10-14-5-4-6-15(14)18(29)21(33)28-16(9-13-7-8-27-20(13)32)17(30)11-35-23(24,25)26/h12-16,18-19,31H,3-11H2,1-2H3,(H,27,32)(H,28,33)/t12-,13+,14+,15+,16+,18+,19-/m1/s1. The quantitative estimate of drug-likeness (QED) is 0.409. The molecule has 2 saturated heterocycles. The minimum absolute atomic E-state index is 0.0714. The Bertz CT molecular complexity index is 823. The maximum atomic E-state index is 13.4. The summed E-state index contributed by atoms with van der Waals surface area (Å²) < 4.78 is 41.2. The van der Waals surface area contributed by atoms with E-state index in [1.165, 1.54) is 4.90 Å². The van der Waals surface area contributed by atoms with Gasteiger partial charge < -0.3 is 20.6 Å². The van der Waals surface area contributed by atoms with Crippen LogP contribution in [0.15, 0.2) is 0 Å². The van der Waals surface area contributed by atoms with Gasteiger partial charge in [-0.1, -0.05) is 26.7 Å². The number of aliphatic hydroxyl groups excluding tert-OH is 1. The first-order chi connectivity index (χ1) is 16.4. The number of halogens is 3. The van der Waals surface area contributed by atoms with E-state index >= 15 is 0 Å². The number of likely N-dealkylation sites (tertiary alicyclic amines) is 1. The van der Waals surface area contributed by atoms with E-state index in [4.69, 9.17) is 0 Å². The summed E-state index contributed by atoms with van der Waals surface area (Å²) in [5, 5.41) is 15.6. The lowest BCUT2D eigenvalue weighted by Crippen LogP contribution is -2.55. The minimum atomic E-state index is -5.02. The molecular formula is C23H34F3N3O6. The van der Waals surface area contributed by atoms with Crippen LogP contribution in [0.1, 0.15) is 52.4 Å². The average Bonchev–Trinajstić information content (AvgIpc) is 3.51. The summed E-state index contributed by atoms with van der Waals surface area (Å²) in [4.78, 5) is 52.5. The van der Waals surface area contributed by atoms with Crippen LogP contribution in [0.5, 0.6) is 0 Å². The van der Waals surface area contributed by atoms with Gasteiger partial charge in [-0.05, 0) is 43.4 Å². The number of hydrogen-bond acceptors (Lipinski definition) is 6. The molecule has 0 radical (unpaired) electrons. The van der Waals surface area contributed by atoms with Gasteiger partial charge in [0.15, 0.2) is 5.78 Å². The third kappa shape index (κ3) is 6.52. The molecule has 2 heterocycles. The van der Waals surface area contributed by atoms with Crippen molar-refractivity contribution in [1.29, 1.82) is 0 Å². The van der Waals surface area contributed by atoms with E-state index in [1.807, 2.05) is 6.92 Å². The first-order valence-corrected chi connectivity index (χ1v) is 12.2. The zero-order chi connectivity index (χ0) is 25.9. The lowest BCUT2D eigenvalue weighted by Gasteiger charge is -2.31. The van der Waals surface area contributed by atoms with E-state index in [-0.39, 0.29) is 30.1 Å². The van der Waals surface area contributed by atoms with Gasteiger partial charge >= 0.3 is 6.36 Å². The Kier molecular flexibility index (Phi) is 8.79. The number of hydrogen-bond donors (Lipinski definition) is 3. The number of rotatable bonds is 10. The Hall–Kier alpha value is -2.21. The Labute approximate surface area is 202 Å². The molecule has 3 fully saturated rings. The average molecular weight is 506 g/mol. The maximum absolute atomic E-state index is 13.4. The number of fused-ring (bicyclic) bond motifs is 1. The lowest BCUT2D eigenvalue weighted by molar-refractivity contribution is -0.321. The van der Waals surface area contributed by atoms with Gasteiger partial charge in [-0.15, -0.1) is 13.2 Å². The molecule has 0 bridgehead atoms. The number of carbonyl (C=O) groups is 4. The summed E-state index contributed by atoms with van der Waals surface area (Å²) in [5.74, 6) is -3.61. The maximum Gasteiger partial charge on any atom is 0.522 e. The van der Waals surface area contributed by atoms with Gasteiger partial charge in [0.1, 0.15) is 18.8 Å². The van der Waals surface area contributed by atoms with Crippen LogP contribution in [0.2, 0.25) is 0 Å². The number of aliphatic hydroxyl groups is 1. The van der Waals surface area contributed by atoms with Crippen molar-refractivity contribution in [3.05, 3.63) is 0 Å². The molecule has 0 aromatic carbocycles. The number of alkyl halides is 3. The van der Waals surface area contributed by atoms with Crippen LogP contribution < -0.4 is 10.6 Å². The first-order valence-electron chi connectivity index (χ1n) is 12.2. The van der Waals surface area contributed by atoms with Crippen LogP contribution in [0, 0.1) is 23.7 Å². The van der Waals surface area contributed by atoms with Crippen LogP contribution in [-0.4, -0.2) is 77.8 Å². The molecular weight excluding hydrogens is 471 g/mol. The normalized spacial score (nSPS) is 28.9. The van der Waals surface area contributed by atoms with Crippen molar-refractivity contribution >= 4 is 23.5 Å². The number of nitrogens with one attached hydrogen (secondary N) is 2. The van der Waals surface area contributed by atoms with E-state index in [0.29, 0.717) is 32.4 Å². The SMILES string of the molecule is CC[C@@H](C)[C@@H](O)C(=O)N1C[C@@H]2CCC[C@@H]2[C@H]1C(=O)N[C@@H](C[C@@H]1CCNC1=O)C(=O)COC(F)(F)F. The highest BCUT2D eigenvalue weighted by Gasteiger charge is 2.51. The number of carbonyl (C=O) groups excluding carboxylic acids is 4. The second kappa shape index (κ2) is 11.2. The highest BCUT2D eigenvalue weighted by molar-refractivity contribution is 5.95. The van der Waals surface area contributed by atoms with Gasteiger partial charge in [0.2, 0.25) is 11.8 Å². The van der Waals surface area contributed by atoms with Crippen LogP contribution in [-0.2, 0) is 23.9 Å². The highest BCUT2D eigenvalue weighted by Crippen LogP contribution is 2.42. The summed E-state index contributed by atoms with van der Waals surface area (Å²) in [7, 11) is 0. The zero-order valence-corrected chi connectivity index (χ0v) is 20.0. The predicted octanol–water partition coefficient (Wildman–Crippen LogP) is 1.14. The third-order valence-corrected chi connectivity index (χ3v) is 7.64. The Balaban J connectivity index is 1.78. The van der Waals surface area contributed by atoms with Gasteiger partial charge in [0, 0.05) is 19.0 Å². The number of amides is 3. The molecule has 2 aliphatic heterocycles. The summed E-state index contributed by atoms with van der Waals surface area (Å²) >= 11 is 0. The molecule has 3 N–H and O–H groups in total. The minimum Gasteiger partial charge on any atom is -0.383 e. The summed E-state index contributed by atoms with van der Waals surface area (Å²) in [6.07, 6.45) is -3.14. The van der Waals surface area contributed by atoms with E-state index in [0.717, 1.165) is 12.8 Å². The van der Waals surface area contributed by atoms with Crippen molar-refractivity contribution < 1.29 is 42.2 Å². The van der Waals surface area contributed by atoms with E-state index in [9.17, 15) is 37.5 Å². The third-order valence-electron chi connectivity index (χ3n) is 7.64. The van der Waals surface area contributed by atoms with Gasteiger partial charge in [-0.3, -0.25) is 23.9 Å². The highest BCUT2D eigenvalue weighted by atomic mass is 19.4. The van der Waals surface area contributed by atoms with Crippen molar-refractivity contribution in [3.63, 3.8) is 0 Å². The molecule has 1 aliphatic carbocycles. The van der Waals surface area contributed by atoms with E-state index in [2.05, 4.69) is 15.4 Å². The number of ether oxygens (including phenoxy) is 1. The van der Waals surface area contributed by atoms with Crippen LogP contribution in [0.4, 0.5) is 13.2 Å². The second-order valence-corrected chi connectivity index (χ2v) is 9.89. The fraction of sp³-hybridized carbons (Fsp3) is 0.826. The Morgan fingerprint density at radius 2 is 1.97 bits per heavy atom. The smallest absolute Gasteiger partial charge is 0.383 e. The van der Waals surface area contributed by atoms with Crippen LogP contribution in [0.25, 0.3) is 0 Å².